The molecule has 0 radical (unpaired) electrons. The zero-order valence-electron chi connectivity index (χ0n) is 12.1. The molecule has 106 valence electrons. The second kappa shape index (κ2) is 5.08. The van der Waals surface area contributed by atoms with Gasteiger partial charge in [-0.15, -0.1) is 0 Å². The highest BCUT2D eigenvalue weighted by Crippen LogP contribution is 2.27. The van der Waals surface area contributed by atoms with Crippen LogP contribution < -0.4 is 5.73 Å². The number of anilines is 1. The minimum atomic E-state index is 0.790. The summed E-state index contributed by atoms with van der Waals surface area (Å²) in [5.74, 6) is 0. The quantitative estimate of drug-likeness (QED) is 0.495. The molecule has 3 N–H and O–H groups in total. The predicted molar refractivity (Wildman–Crippen MR) is 93.6 cm³/mol. The fraction of sp³-hybridized carbons (Fsp3) is 0. The number of hydrogen-bond donors (Lipinski definition) is 2. The maximum absolute atomic E-state index is 5.74. The third-order valence-electron chi connectivity index (χ3n) is 3.97. The van der Waals surface area contributed by atoms with E-state index in [9.17, 15) is 0 Å². The van der Waals surface area contributed by atoms with Crippen LogP contribution in [-0.4, -0.2) is 4.98 Å². The van der Waals surface area contributed by atoms with Gasteiger partial charge in [0.25, 0.3) is 0 Å². The van der Waals surface area contributed by atoms with E-state index >= 15 is 0 Å². The van der Waals surface area contributed by atoms with Gasteiger partial charge in [0.1, 0.15) is 0 Å². The number of aromatic amines is 1. The molecule has 3 aromatic carbocycles. The van der Waals surface area contributed by atoms with Crippen LogP contribution in [0.15, 0.2) is 78.9 Å². The van der Waals surface area contributed by atoms with Crippen molar-refractivity contribution in [2.24, 2.45) is 0 Å². The van der Waals surface area contributed by atoms with Gasteiger partial charge in [0.05, 0.1) is 0 Å². The minimum absolute atomic E-state index is 0.790. The number of fused-ring (bicyclic) bond motifs is 1. The molecular formula is C20H16N2. The van der Waals surface area contributed by atoms with Gasteiger partial charge in [-0.25, -0.2) is 0 Å². The molecular weight excluding hydrogens is 268 g/mol. The first-order chi connectivity index (χ1) is 10.8. The molecule has 0 aliphatic rings. The van der Waals surface area contributed by atoms with Gasteiger partial charge in [0.15, 0.2) is 0 Å². The number of aromatic nitrogens is 1. The molecule has 22 heavy (non-hydrogen) atoms. The van der Waals surface area contributed by atoms with Crippen molar-refractivity contribution in [3.8, 4) is 22.4 Å². The summed E-state index contributed by atoms with van der Waals surface area (Å²) >= 11 is 0. The van der Waals surface area contributed by atoms with Crippen LogP contribution in [-0.2, 0) is 0 Å². The Labute approximate surface area is 129 Å². The van der Waals surface area contributed by atoms with Gasteiger partial charge in [0, 0.05) is 22.3 Å². The van der Waals surface area contributed by atoms with Crippen molar-refractivity contribution in [1.29, 1.82) is 0 Å². The number of para-hydroxylation sites is 1. The molecule has 0 unspecified atom stereocenters. The summed E-state index contributed by atoms with van der Waals surface area (Å²) in [4.78, 5) is 3.46. The van der Waals surface area contributed by atoms with Gasteiger partial charge in [0.2, 0.25) is 0 Å². The summed E-state index contributed by atoms with van der Waals surface area (Å²) in [5.41, 5.74) is 12.4. The molecule has 2 nitrogen and oxygen atoms in total. The average molecular weight is 284 g/mol. The third-order valence-corrected chi connectivity index (χ3v) is 3.97. The Morgan fingerprint density at radius 3 is 1.91 bits per heavy atom. The van der Waals surface area contributed by atoms with Crippen LogP contribution >= 0.6 is 0 Å². The number of benzene rings is 3. The first-order valence-electron chi connectivity index (χ1n) is 7.34. The zero-order chi connectivity index (χ0) is 14.9. The van der Waals surface area contributed by atoms with E-state index in [2.05, 4.69) is 53.5 Å². The molecule has 0 saturated carbocycles. The van der Waals surface area contributed by atoms with Crippen LogP contribution in [0.4, 0.5) is 5.69 Å². The largest absolute Gasteiger partial charge is 0.399 e. The number of nitrogens with two attached hydrogens (primary N) is 1. The lowest BCUT2D eigenvalue weighted by Crippen LogP contribution is -1.84. The van der Waals surface area contributed by atoms with E-state index in [1.54, 1.807) is 0 Å². The molecule has 1 aromatic heterocycles. The highest BCUT2D eigenvalue weighted by molar-refractivity contribution is 5.86. The molecule has 0 spiro atoms. The normalized spacial score (nSPS) is 10.9. The lowest BCUT2D eigenvalue weighted by Gasteiger charge is -2.04. The Hall–Kier alpha value is -3.00. The smallest absolute Gasteiger partial charge is 0.0464 e. The molecule has 2 heteroatoms. The second-order valence-corrected chi connectivity index (χ2v) is 5.47. The molecule has 4 rings (SSSR count). The van der Waals surface area contributed by atoms with E-state index in [0.717, 1.165) is 11.4 Å². The van der Waals surface area contributed by atoms with Crippen LogP contribution in [0.5, 0.6) is 0 Å². The Morgan fingerprint density at radius 2 is 1.23 bits per heavy atom. The molecule has 0 aliphatic carbocycles. The summed E-state index contributed by atoms with van der Waals surface area (Å²) in [7, 11) is 0. The van der Waals surface area contributed by atoms with Crippen LogP contribution in [0.1, 0.15) is 0 Å². The van der Waals surface area contributed by atoms with Crippen molar-refractivity contribution < 1.29 is 0 Å². The van der Waals surface area contributed by atoms with E-state index in [0.29, 0.717) is 0 Å². The maximum atomic E-state index is 5.74. The summed E-state index contributed by atoms with van der Waals surface area (Å²) in [6.45, 7) is 0. The molecule has 0 bridgehead atoms. The molecule has 0 fully saturated rings. The molecule has 0 aliphatic heterocycles. The highest BCUT2D eigenvalue weighted by Gasteiger charge is 2.03. The lowest BCUT2D eigenvalue weighted by atomic mass is 10.0. The SMILES string of the molecule is Nc1ccc(-c2ccc(-c3cc4ccccc4[nH]3)cc2)cc1. The lowest BCUT2D eigenvalue weighted by molar-refractivity contribution is 1.45. The minimum Gasteiger partial charge on any atom is -0.399 e. The van der Waals surface area contributed by atoms with Crippen molar-refractivity contribution in [2.45, 2.75) is 0 Å². The molecule has 0 amide bonds. The average Bonchev–Trinajstić information content (AvgIpc) is 3.00. The number of nitrogens with one attached hydrogen (secondary N) is 1. The molecule has 4 aromatic rings. The first kappa shape index (κ1) is 12.7. The Balaban J connectivity index is 1.70. The van der Waals surface area contributed by atoms with Gasteiger partial charge in [-0.05, 0) is 41.0 Å². The standard InChI is InChI=1S/C20H16N2/c21-18-11-9-15(10-12-18)14-5-7-16(8-6-14)20-13-17-3-1-2-4-19(17)22-20/h1-13,22H,21H2. The van der Waals surface area contributed by atoms with Crippen molar-refractivity contribution >= 4 is 16.6 Å². The molecule has 0 saturated heterocycles. The van der Waals surface area contributed by atoms with E-state index in [4.69, 9.17) is 5.73 Å². The number of H-pyrrole nitrogens is 1. The number of rotatable bonds is 2. The number of hydrogen-bond acceptors (Lipinski definition) is 1. The highest BCUT2D eigenvalue weighted by atomic mass is 14.7. The topological polar surface area (TPSA) is 41.8 Å². The molecule has 1 heterocycles. The Bertz CT molecular complexity index is 883. The maximum Gasteiger partial charge on any atom is 0.0464 e. The monoisotopic (exact) mass is 284 g/mol. The van der Waals surface area contributed by atoms with Gasteiger partial charge in [-0.3, -0.25) is 0 Å². The van der Waals surface area contributed by atoms with E-state index in [1.807, 2.05) is 30.3 Å². The van der Waals surface area contributed by atoms with Crippen LogP contribution in [0.3, 0.4) is 0 Å². The van der Waals surface area contributed by atoms with Crippen LogP contribution in [0, 0.1) is 0 Å². The van der Waals surface area contributed by atoms with E-state index < -0.39 is 0 Å². The number of nitrogen functional groups attached to an aromatic ring is 1. The van der Waals surface area contributed by atoms with Gasteiger partial charge < -0.3 is 10.7 Å². The first-order valence-corrected chi connectivity index (χ1v) is 7.34. The third kappa shape index (κ3) is 2.25. The van der Waals surface area contributed by atoms with Gasteiger partial charge in [-0.2, -0.15) is 0 Å². The molecule has 0 atom stereocenters. The fourth-order valence-corrected chi connectivity index (χ4v) is 2.75. The van der Waals surface area contributed by atoms with Crippen molar-refractivity contribution in [3.05, 3.63) is 78.9 Å². The van der Waals surface area contributed by atoms with E-state index in [1.165, 1.54) is 27.6 Å². The van der Waals surface area contributed by atoms with Crippen molar-refractivity contribution in [1.82, 2.24) is 4.98 Å². The fourth-order valence-electron chi connectivity index (χ4n) is 2.75. The van der Waals surface area contributed by atoms with Gasteiger partial charge >= 0.3 is 0 Å². The van der Waals surface area contributed by atoms with Crippen LogP contribution in [0.2, 0.25) is 0 Å². The van der Waals surface area contributed by atoms with Crippen molar-refractivity contribution in [2.75, 3.05) is 5.73 Å². The zero-order valence-corrected chi connectivity index (χ0v) is 12.1. The Kier molecular flexibility index (Phi) is 2.94. The van der Waals surface area contributed by atoms with Crippen molar-refractivity contribution in [3.63, 3.8) is 0 Å². The second-order valence-electron chi connectivity index (χ2n) is 5.47. The summed E-state index contributed by atoms with van der Waals surface area (Å²) < 4.78 is 0. The summed E-state index contributed by atoms with van der Waals surface area (Å²) in [6, 6.07) is 27.1. The van der Waals surface area contributed by atoms with E-state index in [-0.39, 0.29) is 0 Å². The summed E-state index contributed by atoms with van der Waals surface area (Å²) in [6.07, 6.45) is 0. The van der Waals surface area contributed by atoms with Gasteiger partial charge in [-0.1, -0.05) is 54.6 Å². The Morgan fingerprint density at radius 1 is 0.636 bits per heavy atom. The summed E-state index contributed by atoms with van der Waals surface area (Å²) in [5, 5.41) is 1.24. The van der Waals surface area contributed by atoms with Crippen LogP contribution in [0.25, 0.3) is 33.3 Å². The predicted octanol–water partition coefficient (Wildman–Crippen LogP) is 5.08.